The zero-order valence-corrected chi connectivity index (χ0v) is 14.8. The van der Waals surface area contributed by atoms with Crippen molar-refractivity contribution in [1.29, 1.82) is 0 Å². The van der Waals surface area contributed by atoms with E-state index in [1.165, 1.54) is 23.2 Å². The van der Waals surface area contributed by atoms with E-state index in [4.69, 9.17) is 0 Å². The summed E-state index contributed by atoms with van der Waals surface area (Å²) >= 11 is 0. The van der Waals surface area contributed by atoms with E-state index >= 15 is 0 Å². The van der Waals surface area contributed by atoms with Crippen LogP contribution in [0.15, 0.2) is 42.6 Å². The topological polar surface area (TPSA) is 65.5 Å². The average Bonchev–Trinajstić information content (AvgIpc) is 2.97. The van der Waals surface area contributed by atoms with Crippen molar-refractivity contribution in [2.24, 2.45) is 0 Å². The molecule has 0 spiro atoms. The first-order valence-electron chi connectivity index (χ1n) is 8.41. The van der Waals surface area contributed by atoms with Gasteiger partial charge in [0, 0.05) is 33.4 Å². The number of hydrogen-bond acceptors (Lipinski definition) is 4. The van der Waals surface area contributed by atoms with Crippen molar-refractivity contribution in [3.05, 3.63) is 59.5 Å². The van der Waals surface area contributed by atoms with Crippen LogP contribution in [0.25, 0.3) is 0 Å². The standard InChI is InChI=1S/C19H21FN4O2/c1-23(2)18(25)14-5-8-17(21-11-14)22-16-9-10-24(19(16)26)12-13-3-6-15(20)7-4-13/h3-8,11,16H,9-10,12H2,1-2H3,(H,21,22). The molecule has 7 heteroatoms. The number of nitrogens with zero attached hydrogens (tertiary/aromatic N) is 3. The van der Waals surface area contributed by atoms with Crippen LogP contribution < -0.4 is 5.32 Å². The Morgan fingerprint density at radius 2 is 2.00 bits per heavy atom. The van der Waals surface area contributed by atoms with E-state index in [0.29, 0.717) is 30.9 Å². The number of anilines is 1. The number of carbonyl (C=O) groups excluding carboxylic acids is 2. The number of hydrogen-bond donors (Lipinski definition) is 1. The number of amides is 2. The van der Waals surface area contributed by atoms with E-state index in [1.807, 2.05) is 0 Å². The van der Waals surface area contributed by atoms with Gasteiger partial charge in [-0.1, -0.05) is 12.1 Å². The minimum Gasteiger partial charge on any atom is -0.358 e. The SMILES string of the molecule is CN(C)C(=O)c1ccc(NC2CCN(Cc3ccc(F)cc3)C2=O)nc1. The van der Waals surface area contributed by atoms with Crippen molar-refractivity contribution < 1.29 is 14.0 Å². The number of carbonyl (C=O) groups is 2. The summed E-state index contributed by atoms with van der Waals surface area (Å²) in [5.41, 5.74) is 1.39. The highest BCUT2D eigenvalue weighted by atomic mass is 19.1. The van der Waals surface area contributed by atoms with Gasteiger partial charge in [0.25, 0.3) is 5.91 Å². The third-order valence-electron chi connectivity index (χ3n) is 4.32. The summed E-state index contributed by atoms with van der Waals surface area (Å²) < 4.78 is 13.0. The van der Waals surface area contributed by atoms with E-state index < -0.39 is 0 Å². The maximum absolute atomic E-state index is 13.0. The Balaban J connectivity index is 1.60. The molecular formula is C19H21FN4O2. The van der Waals surface area contributed by atoms with E-state index in [9.17, 15) is 14.0 Å². The van der Waals surface area contributed by atoms with Crippen LogP contribution in [0.3, 0.4) is 0 Å². The highest BCUT2D eigenvalue weighted by molar-refractivity contribution is 5.93. The fraction of sp³-hybridized carbons (Fsp3) is 0.316. The molecule has 2 heterocycles. The van der Waals surface area contributed by atoms with E-state index in [1.54, 1.807) is 43.3 Å². The normalized spacial score (nSPS) is 16.7. The van der Waals surface area contributed by atoms with Gasteiger partial charge in [0.15, 0.2) is 0 Å². The van der Waals surface area contributed by atoms with Gasteiger partial charge in [-0.25, -0.2) is 9.37 Å². The first kappa shape index (κ1) is 17.8. The number of benzene rings is 1. The summed E-state index contributed by atoms with van der Waals surface area (Å²) in [4.78, 5) is 31.9. The number of nitrogens with one attached hydrogen (secondary N) is 1. The van der Waals surface area contributed by atoms with Gasteiger partial charge in [0.2, 0.25) is 5.91 Å². The molecule has 0 bridgehead atoms. The third kappa shape index (κ3) is 3.99. The molecule has 2 aromatic rings. The number of pyridine rings is 1. The minimum atomic E-state index is -0.349. The summed E-state index contributed by atoms with van der Waals surface area (Å²) in [6, 6.07) is 9.20. The van der Waals surface area contributed by atoms with Crippen LogP contribution in [-0.4, -0.2) is 53.3 Å². The molecular weight excluding hydrogens is 335 g/mol. The van der Waals surface area contributed by atoms with E-state index in [-0.39, 0.29) is 23.7 Å². The van der Waals surface area contributed by atoms with Crippen LogP contribution >= 0.6 is 0 Å². The minimum absolute atomic E-state index is 0.00966. The summed E-state index contributed by atoms with van der Waals surface area (Å²) in [6.45, 7) is 1.09. The molecule has 0 aliphatic carbocycles. The average molecular weight is 356 g/mol. The first-order valence-corrected chi connectivity index (χ1v) is 8.41. The lowest BCUT2D eigenvalue weighted by Gasteiger charge is -2.17. The van der Waals surface area contributed by atoms with Gasteiger partial charge >= 0.3 is 0 Å². The molecule has 1 N–H and O–H groups in total. The van der Waals surface area contributed by atoms with Crippen LogP contribution in [0.4, 0.5) is 10.2 Å². The lowest BCUT2D eigenvalue weighted by Crippen LogP contribution is -2.33. The predicted octanol–water partition coefficient (Wildman–Crippen LogP) is 2.14. The zero-order chi connectivity index (χ0) is 18.7. The van der Waals surface area contributed by atoms with Crippen LogP contribution in [0.2, 0.25) is 0 Å². The maximum Gasteiger partial charge on any atom is 0.254 e. The van der Waals surface area contributed by atoms with Crippen LogP contribution in [0, 0.1) is 5.82 Å². The third-order valence-corrected chi connectivity index (χ3v) is 4.32. The van der Waals surface area contributed by atoms with Gasteiger partial charge in [-0.3, -0.25) is 9.59 Å². The summed E-state index contributed by atoms with van der Waals surface area (Å²) in [5.74, 6) is 0.140. The molecule has 136 valence electrons. The second-order valence-electron chi connectivity index (χ2n) is 6.50. The predicted molar refractivity (Wildman–Crippen MR) is 96.1 cm³/mol. The van der Waals surface area contributed by atoms with Gasteiger partial charge in [-0.05, 0) is 36.2 Å². The molecule has 1 aromatic heterocycles. The highest BCUT2D eigenvalue weighted by Crippen LogP contribution is 2.19. The first-order chi connectivity index (χ1) is 12.4. The van der Waals surface area contributed by atoms with Gasteiger partial charge in [0.05, 0.1) is 5.56 Å². The molecule has 1 aliphatic rings. The number of rotatable bonds is 5. The van der Waals surface area contributed by atoms with Gasteiger partial charge in [-0.2, -0.15) is 0 Å². The monoisotopic (exact) mass is 356 g/mol. The van der Waals surface area contributed by atoms with Crippen molar-refractivity contribution in [2.75, 3.05) is 26.0 Å². The molecule has 6 nitrogen and oxygen atoms in total. The van der Waals surface area contributed by atoms with Gasteiger partial charge in [-0.15, -0.1) is 0 Å². The second kappa shape index (κ2) is 7.51. The Hall–Kier alpha value is -2.96. The van der Waals surface area contributed by atoms with Gasteiger partial charge in [0.1, 0.15) is 17.7 Å². The quantitative estimate of drug-likeness (QED) is 0.891. The van der Waals surface area contributed by atoms with Crippen molar-refractivity contribution in [3.63, 3.8) is 0 Å². The smallest absolute Gasteiger partial charge is 0.254 e. The van der Waals surface area contributed by atoms with Crippen LogP contribution in [-0.2, 0) is 11.3 Å². The Morgan fingerprint density at radius 3 is 2.62 bits per heavy atom. The molecule has 1 unspecified atom stereocenters. The number of halogens is 1. The lowest BCUT2D eigenvalue weighted by atomic mass is 10.2. The molecule has 1 atom stereocenters. The molecule has 1 fully saturated rings. The molecule has 1 saturated heterocycles. The Kier molecular flexibility index (Phi) is 5.16. The highest BCUT2D eigenvalue weighted by Gasteiger charge is 2.31. The molecule has 26 heavy (non-hydrogen) atoms. The van der Waals surface area contributed by atoms with E-state index in [0.717, 1.165) is 5.56 Å². The zero-order valence-electron chi connectivity index (χ0n) is 14.8. The number of likely N-dealkylation sites (tertiary alicyclic amines) is 1. The van der Waals surface area contributed by atoms with Crippen molar-refractivity contribution >= 4 is 17.6 Å². The van der Waals surface area contributed by atoms with Gasteiger partial charge < -0.3 is 15.1 Å². The Bertz CT molecular complexity index is 790. The molecule has 1 aliphatic heterocycles. The Morgan fingerprint density at radius 1 is 1.27 bits per heavy atom. The second-order valence-corrected chi connectivity index (χ2v) is 6.50. The van der Waals surface area contributed by atoms with Crippen molar-refractivity contribution in [1.82, 2.24) is 14.8 Å². The largest absolute Gasteiger partial charge is 0.358 e. The molecule has 0 saturated carbocycles. The van der Waals surface area contributed by atoms with Crippen molar-refractivity contribution in [3.8, 4) is 0 Å². The van der Waals surface area contributed by atoms with Crippen molar-refractivity contribution in [2.45, 2.75) is 19.0 Å². The lowest BCUT2D eigenvalue weighted by molar-refractivity contribution is -0.128. The van der Waals surface area contributed by atoms with Crippen LogP contribution in [0.5, 0.6) is 0 Å². The summed E-state index contributed by atoms with van der Waals surface area (Å²) in [7, 11) is 3.36. The summed E-state index contributed by atoms with van der Waals surface area (Å²) in [5, 5.41) is 3.12. The van der Waals surface area contributed by atoms with Crippen LogP contribution in [0.1, 0.15) is 22.3 Å². The molecule has 1 aromatic carbocycles. The van der Waals surface area contributed by atoms with E-state index in [2.05, 4.69) is 10.3 Å². The molecule has 0 radical (unpaired) electrons. The number of aromatic nitrogens is 1. The fourth-order valence-corrected chi connectivity index (χ4v) is 2.88. The fourth-order valence-electron chi connectivity index (χ4n) is 2.88. The molecule has 3 rings (SSSR count). The molecule has 2 amide bonds. The Labute approximate surface area is 151 Å². The summed E-state index contributed by atoms with van der Waals surface area (Å²) in [6.07, 6.45) is 2.17. The maximum atomic E-state index is 13.0.